The third kappa shape index (κ3) is 2.89. The number of rotatable bonds is 2. The average molecular weight is 330 g/mol. The summed E-state index contributed by atoms with van der Waals surface area (Å²) in [5, 5.41) is 0. The van der Waals surface area contributed by atoms with E-state index in [4.69, 9.17) is 9.47 Å². The van der Waals surface area contributed by atoms with E-state index in [0.29, 0.717) is 22.4 Å². The molecule has 1 aliphatic heterocycles. The average Bonchev–Trinajstić information content (AvgIpc) is 2.52. The molecule has 2 aromatic rings. The number of methoxy groups -OCH3 is 1. The molecule has 1 aliphatic rings. The van der Waals surface area contributed by atoms with Crippen molar-refractivity contribution >= 4 is 11.5 Å². The molecule has 0 atom stereocenters. The molecule has 24 heavy (non-hydrogen) atoms. The topological polar surface area (TPSA) is 35.5 Å². The largest absolute Gasteiger partial charge is 0.483 e. The van der Waals surface area contributed by atoms with Crippen molar-refractivity contribution in [3.8, 4) is 5.75 Å². The third-order valence-corrected chi connectivity index (χ3v) is 3.78. The number of carbonyl (C=O) groups excluding carboxylic acids is 1. The number of carbonyl (C=O) groups is 1. The van der Waals surface area contributed by atoms with Crippen LogP contribution in [0.15, 0.2) is 42.5 Å². The Labute approximate surface area is 138 Å². The number of ether oxygens (including phenoxy) is 2. The van der Waals surface area contributed by atoms with Crippen LogP contribution in [-0.2, 0) is 4.74 Å². The van der Waals surface area contributed by atoms with Gasteiger partial charge in [-0.1, -0.05) is 0 Å². The van der Waals surface area contributed by atoms with Gasteiger partial charge in [0.1, 0.15) is 23.0 Å². The number of fused-ring (bicyclic) bond motifs is 1. The monoisotopic (exact) mass is 330 g/mol. The Balaban J connectivity index is 2.21. The Kier molecular flexibility index (Phi) is 3.87. The van der Waals surface area contributed by atoms with Crippen LogP contribution in [0.2, 0.25) is 0 Å². The van der Waals surface area contributed by atoms with Crippen LogP contribution in [0, 0.1) is 11.6 Å². The van der Waals surface area contributed by atoms with Gasteiger partial charge in [-0.2, -0.15) is 0 Å². The van der Waals surface area contributed by atoms with Crippen molar-refractivity contribution in [2.45, 2.75) is 19.4 Å². The summed E-state index contributed by atoms with van der Waals surface area (Å²) < 4.78 is 38.1. The van der Waals surface area contributed by atoms with Crippen molar-refractivity contribution < 1.29 is 23.0 Å². The van der Waals surface area contributed by atoms with E-state index in [2.05, 4.69) is 0 Å². The van der Waals surface area contributed by atoms with Crippen LogP contribution < -0.4 is 4.74 Å². The predicted molar refractivity (Wildman–Crippen MR) is 85.9 cm³/mol. The van der Waals surface area contributed by atoms with Crippen LogP contribution in [-0.4, -0.2) is 18.7 Å². The second kappa shape index (κ2) is 5.74. The number of hydrogen-bond acceptors (Lipinski definition) is 3. The zero-order chi connectivity index (χ0) is 17.5. The van der Waals surface area contributed by atoms with Gasteiger partial charge >= 0.3 is 5.97 Å². The molecular formula is C19H16F2O3. The fourth-order valence-electron chi connectivity index (χ4n) is 2.74. The van der Waals surface area contributed by atoms with Gasteiger partial charge in [0.25, 0.3) is 0 Å². The summed E-state index contributed by atoms with van der Waals surface area (Å²) in [6, 6.07) is 8.24. The first kappa shape index (κ1) is 16.2. The summed E-state index contributed by atoms with van der Waals surface area (Å²) in [5.41, 5.74) is 1.01. The summed E-state index contributed by atoms with van der Waals surface area (Å²) in [4.78, 5) is 11.8. The van der Waals surface area contributed by atoms with Gasteiger partial charge in [-0.05, 0) is 55.8 Å². The second-order valence-corrected chi connectivity index (χ2v) is 6.09. The fraction of sp³-hybridized carbons (Fsp3) is 0.211. The predicted octanol–water partition coefficient (Wildman–Crippen LogP) is 4.35. The maximum Gasteiger partial charge on any atom is 0.337 e. The minimum Gasteiger partial charge on any atom is -0.483 e. The second-order valence-electron chi connectivity index (χ2n) is 6.09. The first-order valence-electron chi connectivity index (χ1n) is 7.41. The van der Waals surface area contributed by atoms with Gasteiger partial charge in [-0.15, -0.1) is 0 Å². The lowest BCUT2D eigenvalue weighted by Crippen LogP contribution is -2.29. The van der Waals surface area contributed by atoms with Crippen molar-refractivity contribution in [1.29, 1.82) is 0 Å². The molecular weight excluding hydrogens is 314 g/mol. The summed E-state index contributed by atoms with van der Waals surface area (Å²) >= 11 is 0. The van der Waals surface area contributed by atoms with Crippen molar-refractivity contribution in [3.63, 3.8) is 0 Å². The molecule has 0 fully saturated rings. The number of esters is 1. The quantitative estimate of drug-likeness (QED) is 0.768. The Bertz CT molecular complexity index is 854. The van der Waals surface area contributed by atoms with E-state index >= 15 is 0 Å². The lowest BCUT2D eigenvalue weighted by molar-refractivity contribution is 0.0600. The summed E-state index contributed by atoms with van der Waals surface area (Å²) in [7, 11) is 1.29. The van der Waals surface area contributed by atoms with E-state index in [1.54, 1.807) is 24.3 Å². The molecule has 1 heterocycles. The Morgan fingerprint density at radius 1 is 1.08 bits per heavy atom. The van der Waals surface area contributed by atoms with Crippen LogP contribution in [0.1, 0.15) is 35.3 Å². The molecule has 124 valence electrons. The highest BCUT2D eigenvalue weighted by Gasteiger charge is 2.29. The molecule has 5 heteroatoms. The van der Waals surface area contributed by atoms with Gasteiger partial charge in [0.15, 0.2) is 0 Å². The molecule has 0 saturated heterocycles. The van der Waals surface area contributed by atoms with Crippen molar-refractivity contribution in [1.82, 2.24) is 0 Å². The van der Waals surface area contributed by atoms with Crippen LogP contribution in [0.25, 0.3) is 5.57 Å². The smallest absolute Gasteiger partial charge is 0.337 e. The minimum atomic E-state index is -0.673. The fourth-order valence-corrected chi connectivity index (χ4v) is 2.74. The van der Waals surface area contributed by atoms with Crippen LogP contribution in [0.5, 0.6) is 5.75 Å². The number of benzene rings is 2. The van der Waals surface area contributed by atoms with Gasteiger partial charge < -0.3 is 9.47 Å². The van der Waals surface area contributed by atoms with Gasteiger partial charge in [0.05, 0.1) is 12.7 Å². The SMILES string of the molecule is COC(=O)c1ccc2c(c1)C(c1ccc(F)cc1F)=CC(C)(C)O2. The zero-order valence-electron chi connectivity index (χ0n) is 13.5. The molecule has 2 aromatic carbocycles. The molecule has 3 rings (SSSR count). The Morgan fingerprint density at radius 3 is 2.50 bits per heavy atom. The number of halogens is 2. The molecule has 0 bridgehead atoms. The molecule has 0 amide bonds. The van der Waals surface area contributed by atoms with E-state index in [9.17, 15) is 13.6 Å². The first-order valence-corrected chi connectivity index (χ1v) is 7.41. The lowest BCUT2D eigenvalue weighted by atomic mass is 9.89. The van der Waals surface area contributed by atoms with E-state index in [1.165, 1.54) is 19.2 Å². The molecule has 0 unspecified atom stereocenters. The van der Waals surface area contributed by atoms with E-state index < -0.39 is 23.2 Å². The van der Waals surface area contributed by atoms with Crippen molar-refractivity contribution in [2.75, 3.05) is 7.11 Å². The Morgan fingerprint density at radius 2 is 1.83 bits per heavy atom. The van der Waals surface area contributed by atoms with Gasteiger partial charge in [-0.3, -0.25) is 0 Å². The Hall–Kier alpha value is -2.69. The van der Waals surface area contributed by atoms with E-state index in [-0.39, 0.29) is 5.56 Å². The van der Waals surface area contributed by atoms with Crippen molar-refractivity contribution in [2.24, 2.45) is 0 Å². The summed E-state index contributed by atoms with van der Waals surface area (Å²) in [5.74, 6) is -1.30. The summed E-state index contributed by atoms with van der Waals surface area (Å²) in [6.07, 6.45) is 1.76. The molecule has 0 saturated carbocycles. The van der Waals surface area contributed by atoms with Gasteiger partial charge in [0, 0.05) is 17.2 Å². The molecule has 0 spiro atoms. The minimum absolute atomic E-state index is 0.246. The third-order valence-electron chi connectivity index (χ3n) is 3.78. The molecule has 0 radical (unpaired) electrons. The highest BCUT2D eigenvalue weighted by molar-refractivity contribution is 5.93. The van der Waals surface area contributed by atoms with Gasteiger partial charge in [-0.25, -0.2) is 13.6 Å². The molecule has 0 N–H and O–H groups in total. The standard InChI is InChI=1S/C19H16F2O3/c1-19(2)10-15(13-6-5-12(20)9-16(13)21)14-8-11(18(22)23-3)4-7-17(14)24-19/h4-10H,1-3H3. The highest BCUT2D eigenvalue weighted by atomic mass is 19.1. The van der Waals surface area contributed by atoms with Crippen LogP contribution >= 0.6 is 0 Å². The van der Waals surface area contributed by atoms with Gasteiger partial charge in [0.2, 0.25) is 0 Å². The number of hydrogen-bond donors (Lipinski definition) is 0. The highest BCUT2D eigenvalue weighted by Crippen LogP contribution is 2.40. The molecule has 0 aromatic heterocycles. The molecule has 0 aliphatic carbocycles. The van der Waals surface area contributed by atoms with Crippen molar-refractivity contribution in [3.05, 3.63) is 70.8 Å². The van der Waals surface area contributed by atoms with Crippen LogP contribution in [0.4, 0.5) is 8.78 Å². The lowest BCUT2D eigenvalue weighted by Gasteiger charge is -2.31. The summed E-state index contributed by atoms with van der Waals surface area (Å²) in [6.45, 7) is 3.68. The normalized spacial score (nSPS) is 15.1. The maximum atomic E-state index is 14.3. The maximum absolute atomic E-state index is 14.3. The molecule has 3 nitrogen and oxygen atoms in total. The van der Waals surface area contributed by atoms with Crippen LogP contribution in [0.3, 0.4) is 0 Å². The first-order chi connectivity index (χ1) is 11.3. The zero-order valence-corrected chi connectivity index (χ0v) is 13.5. The van der Waals surface area contributed by atoms with E-state index in [0.717, 1.165) is 6.07 Å². The van der Waals surface area contributed by atoms with E-state index in [1.807, 2.05) is 13.8 Å².